The standard InChI is InChI=1S/C17H27N3O3S/c1-12-9-13(2)19-15(18-12)24(22)11-14-7-6-8-20(10-14)16(21)23-17(3,4)5/h9,14H,6-8,10-11H2,1-5H3/t14-,24-/m1/s1. The van der Waals surface area contributed by atoms with Crippen LogP contribution in [0, 0.1) is 19.8 Å². The zero-order valence-electron chi connectivity index (χ0n) is 15.2. The van der Waals surface area contributed by atoms with Gasteiger partial charge in [-0.1, -0.05) is 0 Å². The highest BCUT2D eigenvalue weighted by atomic mass is 32.2. The van der Waals surface area contributed by atoms with E-state index in [1.807, 2.05) is 40.7 Å². The second-order valence-electron chi connectivity index (χ2n) is 7.38. The van der Waals surface area contributed by atoms with E-state index < -0.39 is 16.4 Å². The van der Waals surface area contributed by atoms with Gasteiger partial charge in [-0.15, -0.1) is 0 Å². The van der Waals surface area contributed by atoms with Crippen molar-refractivity contribution in [1.82, 2.24) is 14.9 Å². The molecule has 0 bridgehead atoms. The number of carbonyl (C=O) groups is 1. The third-order valence-corrected chi connectivity index (χ3v) is 5.09. The predicted molar refractivity (Wildman–Crippen MR) is 93.3 cm³/mol. The van der Waals surface area contributed by atoms with Crippen LogP contribution < -0.4 is 0 Å². The molecule has 134 valence electrons. The summed E-state index contributed by atoms with van der Waals surface area (Å²) < 4.78 is 18.0. The molecule has 1 aromatic heterocycles. The molecule has 0 radical (unpaired) electrons. The van der Waals surface area contributed by atoms with E-state index in [9.17, 15) is 9.00 Å². The SMILES string of the molecule is Cc1cc(C)nc([S@](=O)C[C@@H]2CCCN(C(=O)OC(C)(C)C)C2)n1. The summed E-state index contributed by atoms with van der Waals surface area (Å²) in [4.78, 5) is 22.5. The fourth-order valence-electron chi connectivity index (χ4n) is 2.78. The highest BCUT2D eigenvalue weighted by molar-refractivity contribution is 7.84. The maximum Gasteiger partial charge on any atom is 0.410 e. The van der Waals surface area contributed by atoms with Gasteiger partial charge < -0.3 is 9.64 Å². The van der Waals surface area contributed by atoms with Gasteiger partial charge in [-0.2, -0.15) is 0 Å². The first-order valence-electron chi connectivity index (χ1n) is 8.32. The summed E-state index contributed by atoms with van der Waals surface area (Å²) in [6.07, 6.45) is 1.56. The lowest BCUT2D eigenvalue weighted by Gasteiger charge is -2.33. The van der Waals surface area contributed by atoms with Crippen LogP contribution in [-0.4, -0.2) is 49.6 Å². The molecule has 1 saturated heterocycles. The van der Waals surface area contributed by atoms with Crippen LogP contribution in [0.5, 0.6) is 0 Å². The van der Waals surface area contributed by atoms with Crippen molar-refractivity contribution in [2.24, 2.45) is 5.92 Å². The lowest BCUT2D eigenvalue weighted by molar-refractivity contribution is 0.0176. The Hall–Kier alpha value is -1.50. The van der Waals surface area contributed by atoms with E-state index in [2.05, 4.69) is 9.97 Å². The zero-order valence-corrected chi connectivity index (χ0v) is 16.0. The highest BCUT2D eigenvalue weighted by Gasteiger charge is 2.29. The number of rotatable bonds is 3. The Balaban J connectivity index is 1.97. The average molecular weight is 353 g/mol. The number of hydrogen-bond donors (Lipinski definition) is 0. The molecule has 24 heavy (non-hydrogen) atoms. The Morgan fingerprint density at radius 3 is 2.54 bits per heavy atom. The second-order valence-corrected chi connectivity index (χ2v) is 8.77. The van der Waals surface area contributed by atoms with Crippen LogP contribution in [0.25, 0.3) is 0 Å². The number of ether oxygens (including phenoxy) is 1. The summed E-state index contributed by atoms with van der Waals surface area (Å²) in [5.41, 5.74) is 1.15. The molecule has 0 spiro atoms. The summed E-state index contributed by atoms with van der Waals surface area (Å²) in [5, 5.41) is 0.391. The van der Waals surface area contributed by atoms with Crippen molar-refractivity contribution in [2.45, 2.75) is 58.2 Å². The van der Waals surface area contributed by atoms with E-state index in [-0.39, 0.29) is 12.0 Å². The lowest BCUT2D eigenvalue weighted by Crippen LogP contribution is -2.44. The van der Waals surface area contributed by atoms with Gasteiger partial charge in [0.2, 0.25) is 5.16 Å². The molecular weight excluding hydrogens is 326 g/mol. The Morgan fingerprint density at radius 2 is 1.96 bits per heavy atom. The molecule has 0 aromatic carbocycles. The Bertz CT molecular complexity index is 608. The third-order valence-electron chi connectivity index (χ3n) is 3.72. The predicted octanol–water partition coefficient (Wildman–Crippen LogP) is 2.85. The first-order valence-corrected chi connectivity index (χ1v) is 9.64. The molecule has 1 aliphatic rings. The number of piperidine rings is 1. The van der Waals surface area contributed by atoms with Crippen molar-refractivity contribution in [3.63, 3.8) is 0 Å². The van der Waals surface area contributed by atoms with Gasteiger partial charge in [0.15, 0.2) is 0 Å². The summed E-state index contributed by atoms with van der Waals surface area (Å²) in [6, 6.07) is 1.87. The maximum atomic E-state index is 12.6. The minimum atomic E-state index is -1.25. The molecule has 1 amide bonds. The average Bonchev–Trinajstić information content (AvgIpc) is 2.44. The molecular formula is C17H27N3O3S. The van der Waals surface area contributed by atoms with Crippen molar-refractivity contribution in [3.05, 3.63) is 17.5 Å². The number of aromatic nitrogens is 2. The van der Waals surface area contributed by atoms with Gasteiger partial charge in [-0.25, -0.2) is 14.8 Å². The first-order chi connectivity index (χ1) is 11.1. The largest absolute Gasteiger partial charge is 0.444 e. The van der Waals surface area contributed by atoms with Crippen molar-refractivity contribution in [2.75, 3.05) is 18.8 Å². The van der Waals surface area contributed by atoms with Gasteiger partial charge in [0.25, 0.3) is 0 Å². The summed E-state index contributed by atoms with van der Waals surface area (Å²) in [6.45, 7) is 10.6. The Morgan fingerprint density at radius 1 is 1.33 bits per heavy atom. The summed E-state index contributed by atoms with van der Waals surface area (Å²) in [5.74, 6) is 0.652. The minimum Gasteiger partial charge on any atom is -0.444 e. The van der Waals surface area contributed by atoms with Crippen LogP contribution in [0.4, 0.5) is 4.79 Å². The van der Waals surface area contributed by atoms with Gasteiger partial charge in [0.1, 0.15) is 5.60 Å². The molecule has 6 nitrogen and oxygen atoms in total. The number of carbonyl (C=O) groups excluding carboxylic acids is 1. The lowest BCUT2D eigenvalue weighted by atomic mass is 10.0. The molecule has 0 saturated carbocycles. The van der Waals surface area contributed by atoms with E-state index >= 15 is 0 Å². The van der Waals surface area contributed by atoms with Crippen molar-refractivity contribution >= 4 is 16.9 Å². The first kappa shape index (κ1) is 18.8. The fourth-order valence-corrected chi connectivity index (χ4v) is 4.12. The van der Waals surface area contributed by atoms with Gasteiger partial charge in [0, 0.05) is 30.2 Å². The minimum absolute atomic E-state index is 0.177. The van der Waals surface area contributed by atoms with Crippen LogP contribution in [0.15, 0.2) is 11.2 Å². The number of aryl methyl sites for hydroxylation is 2. The monoisotopic (exact) mass is 353 g/mol. The maximum absolute atomic E-state index is 12.6. The Labute approximate surface area is 146 Å². The molecule has 2 rings (SSSR count). The van der Waals surface area contributed by atoms with E-state index in [0.717, 1.165) is 24.2 Å². The highest BCUT2D eigenvalue weighted by Crippen LogP contribution is 2.21. The smallest absolute Gasteiger partial charge is 0.410 e. The topological polar surface area (TPSA) is 72.4 Å². The number of hydrogen-bond acceptors (Lipinski definition) is 5. The van der Waals surface area contributed by atoms with E-state index in [4.69, 9.17) is 4.74 Å². The molecule has 0 aliphatic carbocycles. The normalized spacial score (nSPS) is 19.9. The van der Waals surface area contributed by atoms with Crippen molar-refractivity contribution in [1.29, 1.82) is 0 Å². The molecule has 0 unspecified atom stereocenters. The Kier molecular flexibility index (Phi) is 5.96. The molecule has 2 atom stereocenters. The van der Waals surface area contributed by atoms with Gasteiger partial charge in [-0.3, -0.25) is 4.21 Å². The molecule has 1 fully saturated rings. The van der Waals surface area contributed by atoms with Crippen LogP contribution >= 0.6 is 0 Å². The summed E-state index contributed by atoms with van der Waals surface area (Å²) >= 11 is 0. The van der Waals surface area contributed by atoms with Gasteiger partial charge >= 0.3 is 6.09 Å². The molecule has 1 aromatic rings. The van der Waals surface area contributed by atoms with Gasteiger partial charge in [-0.05, 0) is 59.4 Å². The second kappa shape index (κ2) is 7.59. The van der Waals surface area contributed by atoms with Crippen LogP contribution in [0.2, 0.25) is 0 Å². The molecule has 1 aliphatic heterocycles. The zero-order chi connectivity index (χ0) is 17.9. The van der Waals surface area contributed by atoms with E-state index in [1.54, 1.807) is 4.90 Å². The summed E-state index contributed by atoms with van der Waals surface area (Å²) in [7, 11) is -1.25. The van der Waals surface area contributed by atoms with Gasteiger partial charge in [0.05, 0.1) is 10.8 Å². The molecule has 7 heteroatoms. The van der Waals surface area contributed by atoms with Crippen molar-refractivity contribution in [3.8, 4) is 0 Å². The third kappa shape index (κ3) is 5.54. The van der Waals surface area contributed by atoms with Crippen LogP contribution in [0.3, 0.4) is 0 Å². The van der Waals surface area contributed by atoms with Crippen LogP contribution in [-0.2, 0) is 15.5 Å². The number of nitrogens with zero attached hydrogens (tertiary/aromatic N) is 3. The van der Waals surface area contributed by atoms with Crippen molar-refractivity contribution < 1.29 is 13.7 Å². The molecule has 2 heterocycles. The van der Waals surface area contributed by atoms with E-state index in [1.165, 1.54) is 0 Å². The quantitative estimate of drug-likeness (QED) is 0.781. The number of likely N-dealkylation sites (tertiary alicyclic amines) is 1. The van der Waals surface area contributed by atoms with E-state index in [0.29, 0.717) is 24.0 Å². The fraction of sp³-hybridized carbons (Fsp3) is 0.706. The van der Waals surface area contributed by atoms with Crippen LogP contribution in [0.1, 0.15) is 45.0 Å². The number of amides is 1. The molecule has 0 N–H and O–H groups in total.